The number of hydrogen-bond acceptors (Lipinski definition) is 4. The van der Waals surface area contributed by atoms with E-state index < -0.39 is 0 Å². The molecule has 4 aliphatic heterocycles. The lowest BCUT2D eigenvalue weighted by Gasteiger charge is -2.42. The Hall–Kier alpha value is -6.59. The fourth-order valence-electron chi connectivity index (χ4n) is 10.0. The Bertz CT molecular complexity index is 3210. The normalized spacial score (nSPS) is 13.6. The van der Waals surface area contributed by atoms with Gasteiger partial charge in [0, 0.05) is 36.5 Å². The SMILES string of the molecule is c1ccc(-c2cc3c4c(c2)Sc2cc5c(cc2B4c2ccccc2O3)B2c3ccccc3N(c3ccccc3-c3ccccc3)c3cc(-c4ccccc4)cc(c32)S5)cc1. The largest absolute Gasteiger partial charge is 0.458 e. The molecule has 0 aromatic heterocycles. The van der Waals surface area contributed by atoms with Crippen molar-refractivity contribution in [3.8, 4) is 44.9 Å². The minimum Gasteiger partial charge on any atom is -0.458 e. The second-order valence-electron chi connectivity index (χ2n) is 15.9. The molecule has 4 aliphatic rings. The van der Waals surface area contributed by atoms with Crippen molar-refractivity contribution < 1.29 is 4.74 Å². The molecule has 0 atom stereocenters. The Morgan fingerprint density at radius 2 is 0.867 bits per heavy atom. The molecule has 0 saturated heterocycles. The van der Waals surface area contributed by atoms with E-state index in [9.17, 15) is 0 Å². The fraction of sp³-hybridized carbons (Fsp3) is 0. The minimum absolute atomic E-state index is 0.0547. The summed E-state index contributed by atoms with van der Waals surface area (Å²) >= 11 is 3.83. The van der Waals surface area contributed by atoms with E-state index in [1.807, 2.05) is 23.5 Å². The molecule has 0 bridgehead atoms. The minimum atomic E-state index is 0.0547. The van der Waals surface area contributed by atoms with Crippen LogP contribution in [0.25, 0.3) is 33.4 Å². The highest BCUT2D eigenvalue weighted by Gasteiger charge is 2.45. The van der Waals surface area contributed by atoms with Gasteiger partial charge in [-0.2, -0.15) is 0 Å². The summed E-state index contributed by atoms with van der Waals surface area (Å²) in [5, 5.41) is 0. The van der Waals surface area contributed by atoms with E-state index in [0.717, 1.165) is 11.5 Å². The zero-order valence-electron chi connectivity index (χ0n) is 32.4. The Balaban J connectivity index is 1.05. The van der Waals surface area contributed by atoms with Gasteiger partial charge in [0.25, 0.3) is 6.71 Å². The van der Waals surface area contributed by atoms with Gasteiger partial charge < -0.3 is 9.64 Å². The second-order valence-corrected chi connectivity index (χ2v) is 18.1. The maximum atomic E-state index is 6.79. The summed E-state index contributed by atoms with van der Waals surface area (Å²) in [5.74, 6) is 1.89. The standard InChI is InChI=1S/C54H33B2NOS2/c1-4-16-34(17-5-1)37-28-46-53-51(30-37)59-49-33-50-43(56-41-24-12-15-27-47(41)58-48-29-38(31-52(60-50)54(48)56)35-18-6-2-7-19-35)32-42(49)55(53)40-23-11-14-26-45(40)57(46)44-25-13-10-22-39(44)36-20-8-3-9-21-36/h1-33H. The summed E-state index contributed by atoms with van der Waals surface area (Å²) in [5.41, 5.74) is 18.8. The van der Waals surface area contributed by atoms with Crippen molar-refractivity contribution in [1.29, 1.82) is 0 Å². The van der Waals surface area contributed by atoms with Gasteiger partial charge in [-0.1, -0.05) is 186 Å². The predicted molar refractivity (Wildman–Crippen MR) is 254 cm³/mol. The van der Waals surface area contributed by atoms with Crippen LogP contribution in [0.4, 0.5) is 17.1 Å². The first-order valence-electron chi connectivity index (χ1n) is 20.6. The van der Waals surface area contributed by atoms with E-state index in [0.29, 0.717) is 0 Å². The molecule has 6 heteroatoms. The third kappa shape index (κ3) is 5.21. The Kier molecular flexibility index (Phi) is 7.70. The third-order valence-corrected chi connectivity index (χ3v) is 14.9. The molecule has 0 amide bonds. The number of hydrogen-bond donors (Lipinski definition) is 0. The highest BCUT2D eigenvalue weighted by atomic mass is 32.2. The van der Waals surface area contributed by atoms with Gasteiger partial charge in [0.15, 0.2) is 0 Å². The van der Waals surface area contributed by atoms with Crippen molar-refractivity contribution in [2.24, 2.45) is 0 Å². The van der Waals surface area contributed by atoms with E-state index in [2.05, 4.69) is 205 Å². The highest BCUT2D eigenvalue weighted by Crippen LogP contribution is 2.47. The molecule has 0 radical (unpaired) electrons. The molecule has 0 saturated carbocycles. The lowest BCUT2D eigenvalue weighted by atomic mass is 9.32. The molecular weight excluding hydrogens is 764 g/mol. The maximum absolute atomic E-state index is 6.79. The first-order valence-corrected chi connectivity index (χ1v) is 22.2. The summed E-state index contributed by atoms with van der Waals surface area (Å²) in [6, 6.07) is 73.6. The summed E-state index contributed by atoms with van der Waals surface area (Å²) in [6.45, 7) is 0.116. The first kappa shape index (κ1) is 34.3. The van der Waals surface area contributed by atoms with Gasteiger partial charge in [-0.3, -0.25) is 0 Å². The Labute approximate surface area is 359 Å². The average molecular weight is 798 g/mol. The average Bonchev–Trinajstić information content (AvgIpc) is 3.31. The third-order valence-electron chi connectivity index (χ3n) is 12.6. The summed E-state index contributed by atoms with van der Waals surface area (Å²) in [7, 11) is 0. The van der Waals surface area contributed by atoms with Crippen molar-refractivity contribution in [2.75, 3.05) is 4.90 Å². The van der Waals surface area contributed by atoms with Crippen LogP contribution >= 0.6 is 23.5 Å². The quantitative estimate of drug-likeness (QED) is 0.164. The van der Waals surface area contributed by atoms with Gasteiger partial charge in [-0.25, -0.2) is 0 Å². The molecule has 0 unspecified atom stereocenters. The van der Waals surface area contributed by atoms with E-state index in [1.165, 1.54) is 103 Å². The first-order chi connectivity index (χ1) is 29.7. The molecule has 4 heterocycles. The predicted octanol–water partition coefficient (Wildman–Crippen LogP) is 10.5. The molecule has 60 heavy (non-hydrogen) atoms. The van der Waals surface area contributed by atoms with Crippen molar-refractivity contribution in [1.82, 2.24) is 0 Å². The van der Waals surface area contributed by atoms with Gasteiger partial charge in [0.1, 0.15) is 11.5 Å². The molecule has 0 N–H and O–H groups in total. The highest BCUT2D eigenvalue weighted by molar-refractivity contribution is 8.01. The number of anilines is 3. The topological polar surface area (TPSA) is 12.5 Å². The van der Waals surface area contributed by atoms with Crippen LogP contribution in [0, 0.1) is 0 Å². The zero-order valence-corrected chi connectivity index (χ0v) is 34.0. The maximum Gasteiger partial charge on any atom is 0.253 e. The van der Waals surface area contributed by atoms with Crippen molar-refractivity contribution >= 4 is 86.8 Å². The van der Waals surface area contributed by atoms with E-state index in [1.54, 1.807) is 0 Å². The number of ether oxygens (including phenoxy) is 1. The molecule has 9 aromatic carbocycles. The van der Waals surface area contributed by atoms with Gasteiger partial charge in [0.05, 0.1) is 5.69 Å². The summed E-state index contributed by atoms with van der Waals surface area (Å²) in [4.78, 5) is 7.76. The molecular formula is C54H33B2NOS2. The van der Waals surface area contributed by atoms with Crippen LogP contribution in [0.1, 0.15) is 0 Å². The van der Waals surface area contributed by atoms with Crippen molar-refractivity contribution in [3.63, 3.8) is 0 Å². The monoisotopic (exact) mass is 797 g/mol. The van der Waals surface area contributed by atoms with Crippen molar-refractivity contribution in [2.45, 2.75) is 19.6 Å². The molecule has 2 nitrogen and oxygen atoms in total. The molecule has 278 valence electrons. The number of rotatable bonds is 4. The molecule has 9 aromatic rings. The number of benzene rings is 9. The smallest absolute Gasteiger partial charge is 0.253 e. The number of fused-ring (bicyclic) bond motifs is 8. The van der Waals surface area contributed by atoms with Crippen LogP contribution in [-0.4, -0.2) is 13.4 Å². The second kappa shape index (κ2) is 13.5. The molecule has 0 spiro atoms. The Morgan fingerprint density at radius 3 is 1.57 bits per heavy atom. The van der Waals surface area contributed by atoms with Gasteiger partial charge in [-0.05, 0) is 98.2 Å². The van der Waals surface area contributed by atoms with Gasteiger partial charge in [0.2, 0.25) is 6.71 Å². The van der Waals surface area contributed by atoms with Crippen LogP contribution in [0.15, 0.2) is 220 Å². The summed E-state index contributed by atoms with van der Waals surface area (Å²) in [6.07, 6.45) is 0. The van der Waals surface area contributed by atoms with Crippen LogP contribution in [0.2, 0.25) is 0 Å². The zero-order chi connectivity index (χ0) is 39.3. The summed E-state index contributed by atoms with van der Waals surface area (Å²) < 4.78 is 6.79. The number of nitrogens with zero attached hydrogens (tertiary/aromatic N) is 1. The lowest BCUT2D eigenvalue weighted by molar-refractivity contribution is 0.486. The van der Waals surface area contributed by atoms with E-state index in [-0.39, 0.29) is 13.4 Å². The van der Waals surface area contributed by atoms with Crippen LogP contribution in [0.5, 0.6) is 11.5 Å². The molecule has 0 fully saturated rings. The van der Waals surface area contributed by atoms with Gasteiger partial charge >= 0.3 is 0 Å². The van der Waals surface area contributed by atoms with Crippen molar-refractivity contribution in [3.05, 3.63) is 200 Å². The van der Waals surface area contributed by atoms with E-state index in [4.69, 9.17) is 4.74 Å². The van der Waals surface area contributed by atoms with Crippen LogP contribution in [0.3, 0.4) is 0 Å². The van der Waals surface area contributed by atoms with Gasteiger partial charge in [-0.15, -0.1) is 0 Å². The molecule has 0 aliphatic carbocycles. The Morgan fingerprint density at radius 1 is 0.333 bits per heavy atom. The van der Waals surface area contributed by atoms with E-state index >= 15 is 0 Å². The molecule has 13 rings (SSSR count). The lowest BCUT2D eigenvalue weighted by Crippen LogP contribution is -2.63. The van der Waals surface area contributed by atoms with Crippen LogP contribution in [-0.2, 0) is 0 Å². The number of para-hydroxylation sites is 3. The van der Waals surface area contributed by atoms with Crippen LogP contribution < -0.4 is 42.4 Å². The fourth-order valence-corrected chi connectivity index (χ4v) is 12.5.